The molecule has 1 heterocycles. The lowest BCUT2D eigenvalue weighted by Gasteiger charge is -2.09. The molecule has 5 heteroatoms. The molecule has 0 spiro atoms. The number of rotatable bonds is 1. The van der Waals surface area contributed by atoms with Crippen LogP contribution >= 0.6 is 0 Å². The Kier molecular flexibility index (Phi) is 2.29. The van der Waals surface area contributed by atoms with E-state index in [9.17, 15) is 9.59 Å². The van der Waals surface area contributed by atoms with Gasteiger partial charge in [-0.25, -0.2) is 4.79 Å². The molecule has 0 bridgehead atoms. The van der Waals surface area contributed by atoms with Gasteiger partial charge in [0.25, 0.3) is 5.91 Å². The Morgan fingerprint density at radius 1 is 1.47 bits per heavy atom. The van der Waals surface area contributed by atoms with E-state index in [1.807, 2.05) is 0 Å². The molecular formula is C10H10N2O3. The number of hydrogen-bond acceptors (Lipinski definition) is 3. The van der Waals surface area contributed by atoms with Crippen LogP contribution in [0.2, 0.25) is 0 Å². The molecule has 0 radical (unpaired) electrons. The van der Waals surface area contributed by atoms with Crippen LogP contribution in [-0.2, 0) is 9.53 Å². The predicted octanol–water partition coefficient (Wildman–Crippen LogP) is 1.04. The van der Waals surface area contributed by atoms with E-state index in [4.69, 9.17) is 4.74 Å². The zero-order valence-electron chi connectivity index (χ0n) is 8.11. The summed E-state index contributed by atoms with van der Waals surface area (Å²) in [5, 5.41) is 4.94. The van der Waals surface area contributed by atoms with Crippen molar-refractivity contribution >= 4 is 17.7 Å². The normalized spacial score (nSPS) is 17.9. The summed E-state index contributed by atoms with van der Waals surface area (Å²) in [5.41, 5.74) is 1.38. The van der Waals surface area contributed by atoms with E-state index < -0.39 is 12.2 Å². The summed E-state index contributed by atoms with van der Waals surface area (Å²) in [6, 6.07) is 7.11. The summed E-state index contributed by atoms with van der Waals surface area (Å²) in [7, 11) is 1.45. The first kappa shape index (κ1) is 9.51. The number of para-hydroxylation sites is 1. The molecule has 5 nitrogen and oxygen atoms in total. The van der Waals surface area contributed by atoms with Gasteiger partial charge in [-0.2, -0.15) is 0 Å². The van der Waals surface area contributed by atoms with E-state index in [0.29, 0.717) is 11.3 Å². The highest BCUT2D eigenvalue weighted by Gasteiger charge is 2.33. The third kappa shape index (κ3) is 1.63. The van der Waals surface area contributed by atoms with Crippen molar-refractivity contribution in [2.75, 3.05) is 12.4 Å². The number of amides is 2. The monoisotopic (exact) mass is 206 g/mol. The largest absolute Gasteiger partial charge is 0.431 e. The van der Waals surface area contributed by atoms with Gasteiger partial charge in [-0.1, -0.05) is 18.2 Å². The molecule has 1 atom stereocenters. The van der Waals surface area contributed by atoms with Gasteiger partial charge in [0.1, 0.15) is 0 Å². The lowest BCUT2D eigenvalue weighted by atomic mass is 10.1. The fourth-order valence-corrected chi connectivity index (χ4v) is 1.46. The Hall–Kier alpha value is -2.04. The molecule has 1 aliphatic rings. The minimum Gasteiger partial charge on any atom is -0.431 e. The fraction of sp³-hybridized carbons (Fsp3) is 0.200. The van der Waals surface area contributed by atoms with Crippen molar-refractivity contribution in [1.29, 1.82) is 0 Å². The molecule has 0 fully saturated rings. The summed E-state index contributed by atoms with van der Waals surface area (Å²) in [4.78, 5) is 22.5. The number of nitrogens with one attached hydrogen (secondary N) is 2. The van der Waals surface area contributed by atoms with Crippen molar-refractivity contribution in [1.82, 2.24) is 5.32 Å². The topological polar surface area (TPSA) is 67.4 Å². The number of carbonyl (C=O) groups excluding carboxylic acids is 2. The third-order valence-electron chi connectivity index (χ3n) is 2.17. The zero-order chi connectivity index (χ0) is 10.8. The van der Waals surface area contributed by atoms with Crippen LogP contribution in [0.4, 0.5) is 10.5 Å². The van der Waals surface area contributed by atoms with Gasteiger partial charge in [-0.05, 0) is 6.07 Å². The molecular weight excluding hydrogens is 196 g/mol. The first-order valence-corrected chi connectivity index (χ1v) is 4.50. The lowest BCUT2D eigenvalue weighted by Crippen LogP contribution is -2.25. The van der Waals surface area contributed by atoms with Crippen molar-refractivity contribution < 1.29 is 14.3 Å². The average Bonchev–Trinajstić information content (AvgIpc) is 2.55. The van der Waals surface area contributed by atoms with Gasteiger partial charge in [0.15, 0.2) is 0 Å². The maximum atomic E-state index is 11.5. The van der Waals surface area contributed by atoms with E-state index >= 15 is 0 Å². The highest BCUT2D eigenvalue weighted by molar-refractivity contribution is 6.02. The smallest absolute Gasteiger partial charge is 0.408 e. The van der Waals surface area contributed by atoms with Crippen molar-refractivity contribution in [2.24, 2.45) is 0 Å². The van der Waals surface area contributed by atoms with Crippen molar-refractivity contribution in [3.05, 3.63) is 29.8 Å². The van der Waals surface area contributed by atoms with Gasteiger partial charge >= 0.3 is 6.09 Å². The number of hydrogen-bond donors (Lipinski definition) is 2. The van der Waals surface area contributed by atoms with Gasteiger partial charge in [-0.15, -0.1) is 0 Å². The number of fused-ring (bicyclic) bond motifs is 1. The quantitative estimate of drug-likeness (QED) is 0.721. The minimum absolute atomic E-state index is 0.320. The maximum Gasteiger partial charge on any atom is 0.408 e. The Morgan fingerprint density at radius 3 is 2.93 bits per heavy atom. The Balaban J connectivity index is 2.26. The number of benzene rings is 1. The van der Waals surface area contributed by atoms with Crippen LogP contribution in [0.3, 0.4) is 0 Å². The van der Waals surface area contributed by atoms with Crippen LogP contribution in [0.25, 0.3) is 0 Å². The van der Waals surface area contributed by atoms with Gasteiger partial charge in [0, 0.05) is 18.3 Å². The summed E-state index contributed by atoms with van der Waals surface area (Å²) in [6.07, 6.45) is -1.46. The summed E-state index contributed by atoms with van der Waals surface area (Å²) in [6.45, 7) is 0. The first-order valence-electron chi connectivity index (χ1n) is 4.50. The SMILES string of the molecule is CNC(=O)OC1C(=O)Nc2ccccc21. The van der Waals surface area contributed by atoms with E-state index in [-0.39, 0.29) is 5.91 Å². The summed E-state index contributed by atoms with van der Waals surface area (Å²) >= 11 is 0. The highest BCUT2D eigenvalue weighted by Crippen LogP contribution is 2.32. The molecule has 2 N–H and O–H groups in total. The molecule has 0 aliphatic carbocycles. The second-order valence-corrected chi connectivity index (χ2v) is 3.11. The molecule has 0 aromatic heterocycles. The number of carbonyl (C=O) groups is 2. The molecule has 1 unspecified atom stereocenters. The minimum atomic E-state index is -0.846. The molecule has 1 aromatic rings. The van der Waals surface area contributed by atoms with E-state index in [1.165, 1.54) is 7.05 Å². The Morgan fingerprint density at radius 2 is 2.20 bits per heavy atom. The third-order valence-corrected chi connectivity index (χ3v) is 2.17. The van der Waals surface area contributed by atoms with Crippen molar-refractivity contribution in [2.45, 2.75) is 6.10 Å². The molecule has 2 amide bonds. The molecule has 2 rings (SSSR count). The Labute approximate surface area is 86.4 Å². The van der Waals surface area contributed by atoms with Crippen LogP contribution < -0.4 is 10.6 Å². The van der Waals surface area contributed by atoms with E-state index in [0.717, 1.165) is 0 Å². The molecule has 1 aliphatic heterocycles. The lowest BCUT2D eigenvalue weighted by molar-refractivity contribution is -0.123. The van der Waals surface area contributed by atoms with Crippen molar-refractivity contribution in [3.63, 3.8) is 0 Å². The molecule has 0 saturated carbocycles. The number of alkyl carbamates (subject to hydrolysis) is 1. The van der Waals surface area contributed by atoms with Crippen LogP contribution in [0.15, 0.2) is 24.3 Å². The predicted molar refractivity (Wildman–Crippen MR) is 53.4 cm³/mol. The first-order chi connectivity index (χ1) is 7.22. The number of ether oxygens (including phenoxy) is 1. The highest BCUT2D eigenvalue weighted by atomic mass is 16.6. The van der Waals surface area contributed by atoms with Gasteiger partial charge < -0.3 is 15.4 Å². The molecule has 0 saturated heterocycles. The number of anilines is 1. The second kappa shape index (κ2) is 3.61. The maximum absolute atomic E-state index is 11.5. The molecule has 1 aromatic carbocycles. The van der Waals surface area contributed by atoms with Crippen molar-refractivity contribution in [3.8, 4) is 0 Å². The van der Waals surface area contributed by atoms with Crippen LogP contribution in [-0.4, -0.2) is 19.0 Å². The summed E-state index contributed by atoms with van der Waals surface area (Å²) in [5.74, 6) is -0.320. The fourth-order valence-electron chi connectivity index (χ4n) is 1.46. The molecule has 78 valence electrons. The van der Waals surface area contributed by atoms with E-state index in [1.54, 1.807) is 24.3 Å². The van der Waals surface area contributed by atoms with Crippen LogP contribution in [0.5, 0.6) is 0 Å². The van der Waals surface area contributed by atoms with E-state index in [2.05, 4.69) is 10.6 Å². The average molecular weight is 206 g/mol. The molecule has 15 heavy (non-hydrogen) atoms. The Bertz CT molecular complexity index is 417. The van der Waals surface area contributed by atoms with Crippen LogP contribution in [0.1, 0.15) is 11.7 Å². The van der Waals surface area contributed by atoms with Gasteiger partial charge in [0.2, 0.25) is 6.10 Å². The summed E-state index contributed by atoms with van der Waals surface area (Å²) < 4.78 is 4.94. The second-order valence-electron chi connectivity index (χ2n) is 3.11. The van der Waals surface area contributed by atoms with Gasteiger partial charge in [-0.3, -0.25) is 4.79 Å². The van der Waals surface area contributed by atoms with Crippen LogP contribution in [0, 0.1) is 0 Å². The zero-order valence-corrected chi connectivity index (χ0v) is 8.11. The standard InChI is InChI=1S/C10H10N2O3/c1-11-10(14)15-8-6-4-2-3-5-7(6)12-9(8)13/h2-5,8H,1H3,(H,11,14)(H,12,13). The van der Waals surface area contributed by atoms with Gasteiger partial charge in [0.05, 0.1) is 0 Å².